The SMILES string of the molecule is O=C(O)C1c2nc[nH]c2CCN1C(=O)CCc1nc(-c2ccncc2)no1. The summed E-state index contributed by atoms with van der Waals surface area (Å²) in [5.41, 5.74) is 1.91. The third-order valence-corrected chi connectivity index (χ3v) is 4.44. The van der Waals surface area contributed by atoms with E-state index in [-0.39, 0.29) is 18.7 Å². The number of fused-ring (bicyclic) bond motifs is 1. The highest BCUT2D eigenvalue weighted by Crippen LogP contribution is 2.28. The summed E-state index contributed by atoms with van der Waals surface area (Å²) in [6.07, 6.45) is 5.54. The van der Waals surface area contributed by atoms with Crippen LogP contribution in [-0.2, 0) is 22.4 Å². The second-order valence-electron chi connectivity index (χ2n) is 6.09. The van der Waals surface area contributed by atoms with Gasteiger partial charge < -0.3 is 19.5 Å². The molecule has 0 saturated carbocycles. The first kappa shape index (κ1) is 16.9. The first-order chi connectivity index (χ1) is 13.1. The van der Waals surface area contributed by atoms with Gasteiger partial charge in [-0.15, -0.1) is 0 Å². The molecule has 0 radical (unpaired) electrons. The van der Waals surface area contributed by atoms with Gasteiger partial charge >= 0.3 is 5.97 Å². The number of aliphatic carboxylic acids is 1. The average molecular weight is 368 g/mol. The van der Waals surface area contributed by atoms with Crippen LogP contribution in [0.25, 0.3) is 11.4 Å². The normalized spacial score (nSPS) is 16.1. The zero-order valence-electron chi connectivity index (χ0n) is 14.2. The zero-order valence-corrected chi connectivity index (χ0v) is 14.2. The molecular weight excluding hydrogens is 352 g/mol. The Morgan fingerprint density at radius 3 is 2.93 bits per heavy atom. The van der Waals surface area contributed by atoms with Crippen molar-refractivity contribution in [1.82, 2.24) is 30.0 Å². The van der Waals surface area contributed by atoms with Crippen molar-refractivity contribution in [2.24, 2.45) is 0 Å². The predicted octanol–water partition coefficient (Wildman–Crippen LogP) is 0.998. The van der Waals surface area contributed by atoms with E-state index in [1.807, 2.05) is 0 Å². The minimum absolute atomic E-state index is 0.0709. The Bertz CT molecular complexity index is 967. The van der Waals surface area contributed by atoms with E-state index in [4.69, 9.17) is 4.52 Å². The smallest absolute Gasteiger partial charge is 0.332 e. The fraction of sp³-hybridized carbons (Fsp3) is 0.294. The molecule has 0 spiro atoms. The van der Waals surface area contributed by atoms with E-state index in [9.17, 15) is 14.7 Å². The molecule has 10 nitrogen and oxygen atoms in total. The van der Waals surface area contributed by atoms with Crippen LogP contribution in [0.2, 0.25) is 0 Å². The number of carboxylic acids is 1. The van der Waals surface area contributed by atoms with Crippen LogP contribution in [0.5, 0.6) is 0 Å². The van der Waals surface area contributed by atoms with Gasteiger partial charge in [0.25, 0.3) is 0 Å². The van der Waals surface area contributed by atoms with Crippen molar-refractivity contribution in [2.75, 3.05) is 6.54 Å². The summed E-state index contributed by atoms with van der Waals surface area (Å²) in [5, 5.41) is 13.4. The third kappa shape index (κ3) is 3.28. The highest BCUT2D eigenvalue weighted by molar-refractivity contribution is 5.85. The third-order valence-electron chi connectivity index (χ3n) is 4.44. The van der Waals surface area contributed by atoms with E-state index >= 15 is 0 Å². The van der Waals surface area contributed by atoms with Crippen LogP contribution in [0.15, 0.2) is 35.4 Å². The van der Waals surface area contributed by atoms with E-state index in [1.54, 1.807) is 24.5 Å². The van der Waals surface area contributed by atoms with Crippen molar-refractivity contribution in [3.8, 4) is 11.4 Å². The number of carbonyl (C=O) groups is 2. The molecule has 2 N–H and O–H groups in total. The molecule has 27 heavy (non-hydrogen) atoms. The Kier molecular flexibility index (Phi) is 4.37. The fourth-order valence-electron chi connectivity index (χ4n) is 3.13. The van der Waals surface area contributed by atoms with Gasteiger partial charge in [0, 0.05) is 49.5 Å². The maximum Gasteiger partial charge on any atom is 0.332 e. The summed E-state index contributed by atoms with van der Waals surface area (Å²) in [5.74, 6) is -0.657. The Labute approximate surface area is 153 Å². The maximum absolute atomic E-state index is 12.6. The van der Waals surface area contributed by atoms with Crippen LogP contribution in [0.1, 0.15) is 29.7 Å². The number of nitrogens with zero attached hydrogens (tertiary/aromatic N) is 5. The van der Waals surface area contributed by atoms with Crippen molar-refractivity contribution in [2.45, 2.75) is 25.3 Å². The molecule has 1 amide bonds. The monoisotopic (exact) mass is 368 g/mol. The number of hydrogen-bond donors (Lipinski definition) is 2. The molecule has 4 heterocycles. The molecule has 0 aliphatic carbocycles. The molecule has 0 bridgehead atoms. The van der Waals surface area contributed by atoms with Gasteiger partial charge in [-0.25, -0.2) is 9.78 Å². The molecule has 10 heteroatoms. The lowest BCUT2D eigenvalue weighted by molar-refractivity contribution is -0.151. The Morgan fingerprint density at radius 2 is 2.15 bits per heavy atom. The van der Waals surface area contributed by atoms with Crippen molar-refractivity contribution in [3.63, 3.8) is 0 Å². The van der Waals surface area contributed by atoms with E-state index in [0.29, 0.717) is 30.4 Å². The molecule has 1 atom stereocenters. The van der Waals surface area contributed by atoms with Gasteiger partial charge in [0.05, 0.1) is 12.0 Å². The van der Waals surface area contributed by atoms with Crippen LogP contribution in [0, 0.1) is 0 Å². The minimum atomic E-state index is -1.10. The molecule has 0 aromatic carbocycles. The van der Waals surface area contributed by atoms with Crippen LogP contribution in [0.3, 0.4) is 0 Å². The molecule has 1 unspecified atom stereocenters. The van der Waals surface area contributed by atoms with Gasteiger partial charge in [-0.2, -0.15) is 4.98 Å². The minimum Gasteiger partial charge on any atom is -0.479 e. The maximum atomic E-state index is 12.6. The van der Waals surface area contributed by atoms with E-state index < -0.39 is 12.0 Å². The highest BCUT2D eigenvalue weighted by atomic mass is 16.5. The molecular formula is C17H16N6O4. The molecule has 3 aromatic heterocycles. The van der Waals surface area contributed by atoms with Crippen molar-refractivity contribution < 1.29 is 19.2 Å². The first-order valence-electron chi connectivity index (χ1n) is 8.41. The Balaban J connectivity index is 1.44. The summed E-state index contributed by atoms with van der Waals surface area (Å²) in [4.78, 5) is 40.8. The van der Waals surface area contributed by atoms with Gasteiger partial charge in [0.15, 0.2) is 6.04 Å². The van der Waals surface area contributed by atoms with Gasteiger partial charge in [0.1, 0.15) is 0 Å². The summed E-state index contributed by atoms with van der Waals surface area (Å²) in [7, 11) is 0. The fourth-order valence-corrected chi connectivity index (χ4v) is 3.13. The quantitative estimate of drug-likeness (QED) is 0.680. The molecule has 4 rings (SSSR count). The number of aromatic amines is 1. The van der Waals surface area contributed by atoms with Crippen molar-refractivity contribution >= 4 is 11.9 Å². The Morgan fingerprint density at radius 1 is 1.33 bits per heavy atom. The number of carbonyl (C=O) groups excluding carboxylic acids is 1. The van der Waals surface area contributed by atoms with E-state index in [2.05, 4.69) is 25.1 Å². The number of carboxylic acid groups (broad SMARTS) is 1. The largest absolute Gasteiger partial charge is 0.479 e. The predicted molar refractivity (Wildman–Crippen MR) is 90.2 cm³/mol. The van der Waals surface area contributed by atoms with Crippen LogP contribution in [-0.4, -0.2) is 53.5 Å². The Hall–Kier alpha value is -3.56. The molecule has 0 fully saturated rings. The highest BCUT2D eigenvalue weighted by Gasteiger charge is 2.37. The molecule has 0 saturated heterocycles. The number of imidazole rings is 1. The second-order valence-corrected chi connectivity index (χ2v) is 6.09. The van der Waals surface area contributed by atoms with Gasteiger partial charge in [-0.1, -0.05) is 5.16 Å². The molecule has 3 aromatic rings. The number of hydrogen-bond acceptors (Lipinski definition) is 7. The number of nitrogens with one attached hydrogen (secondary N) is 1. The lowest BCUT2D eigenvalue weighted by Gasteiger charge is -2.32. The number of rotatable bonds is 5. The summed E-state index contributed by atoms with van der Waals surface area (Å²) in [6.45, 7) is 0.317. The van der Waals surface area contributed by atoms with Gasteiger partial charge in [0.2, 0.25) is 17.6 Å². The van der Waals surface area contributed by atoms with Crippen molar-refractivity contribution in [1.29, 1.82) is 0 Å². The number of aryl methyl sites for hydroxylation is 1. The molecule has 1 aliphatic rings. The van der Waals surface area contributed by atoms with E-state index in [1.165, 1.54) is 11.2 Å². The van der Waals surface area contributed by atoms with Gasteiger partial charge in [-0.3, -0.25) is 9.78 Å². The summed E-state index contributed by atoms with van der Waals surface area (Å²) in [6, 6.07) is 2.43. The summed E-state index contributed by atoms with van der Waals surface area (Å²) < 4.78 is 5.19. The number of amides is 1. The lowest BCUT2D eigenvalue weighted by Crippen LogP contribution is -2.43. The zero-order chi connectivity index (χ0) is 18.8. The van der Waals surface area contributed by atoms with Crippen molar-refractivity contribution in [3.05, 3.63) is 48.1 Å². The van der Waals surface area contributed by atoms with Crippen LogP contribution >= 0.6 is 0 Å². The summed E-state index contributed by atoms with van der Waals surface area (Å²) >= 11 is 0. The van der Waals surface area contributed by atoms with Crippen LogP contribution in [0.4, 0.5) is 0 Å². The number of aromatic nitrogens is 5. The van der Waals surface area contributed by atoms with E-state index in [0.717, 1.165) is 11.3 Å². The number of pyridine rings is 1. The van der Waals surface area contributed by atoms with Gasteiger partial charge in [-0.05, 0) is 12.1 Å². The lowest BCUT2D eigenvalue weighted by atomic mass is 10.0. The average Bonchev–Trinajstić information content (AvgIpc) is 3.35. The standard InChI is InChI=1S/C17H16N6O4/c24-13(23-8-5-11-14(20-9-19-11)15(23)17(25)26)2-1-12-21-16(22-27-12)10-3-6-18-7-4-10/h3-4,6-7,9,15H,1-2,5,8H2,(H,19,20)(H,25,26). The number of H-pyrrole nitrogens is 1. The molecule has 1 aliphatic heterocycles. The second kappa shape index (κ2) is 6.98. The topological polar surface area (TPSA) is 138 Å². The molecule has 138 valence electrons. The van der Waals surface area contributed by atoms with Crippen LogP contribution < -0.4 is 0 Å². The first-order valence-corrected chi connectivity index (χ1v) is 8.41.